The summed E-state index contributed by atoms with van der Waals surface area (Å²) >= 11 is 5.58. The summed E-state index contributed by atoms with van der Waals surface area (Å²) in [6.45, 7) is 0. The minimum Gasteiger partial charge on any atom is -0.398 e. The SMILES string of the molecule is Nc1ccnc2c(F)c(Cl)ccc12. The highest BCUT2D eigenvalue weighted by Gasteiger charge is 2.07. The average molecular weight is 197 g/mol. The van der Waals surface area contributed by atoms with E-state index in [1.165, 1.54) is 12.3 Å². The highest BCUT2D eigenvalue weighted by molar-refractivity contribution is 6.31. The molecular formula is C9H6ClFN2. The van der Waals surface area contributed by atoms with Gasteiger partial charge < -0.3 is 5.73 Å². The van der Waals surface area contributed by atoms with Crippen LogP contribution in [0.15, 0.2) is 24.4 Å². The third-order valence-electron chi connectivity index (χ3n) is 1.84. The van der Waals surface area contributed by atoms with Gasteiger partial charge in [0.1, 0.15) is 5.52 Å². The largest absolute Gasteiger partial charge is 0.398 e. The van der Waals surface area contributed by atoms with E-state index in [1.54, 1.807) is 12.1 Å². The number of hydrogen-bond donors (Lipinski definition) is 1. The molecule has 0 fully saturated rings. The second-order valence-electron chi connectivity index (χ2n) is 2.66. The normalized spacial score (nSPS) is 10.6. The van der Waals surface area contributed by atoms with E-state index in [0.717, 1.165) is 0 Å². The fraction of sp³-hybridized carbons (Fsp3) is 0. The Morgan fingerprint density at radius 3 is 2.85 bits per heavy atom. The van der Waals surface area contributed by atoms with E-state index in [-0.39, 0.29) is 10.5 Å². The molecule has 0 amide bonds. The van der Waals surface area contributed by atoms with Crippen LogP contribution in [0.5, 0.6) is 0 Å². The van der Waals surface area contributed by atoms with Crippen LogP contribution in [0.1, 0.15) is 0 Å². The molecule has 66 valence electrons. The summed E-state index contributed by atoms with van der Waals surface area (Å²) in [5.74, 6) is -0.522. The zero-order chi connectivity index (χ0) is 9.42. The van der Waals surface area contributed by atoms with Gasteiger partial charge in [-0.1, -0.05) is 11.6 Å². The van der Waals surface area contributed by atoms with Gasteiger partial charge >= 0.3 is 0 Å². The number of anilines is 1. The molecule has 1 aromatic heterocycles. The van der Waals surface area contributed by atoms with Crippen molar-refractivity contribution in [3.8, 4) is 0 Å². The van der Waals surface area contributed by atoms with Crippen LogP contribution in [0.25, 0.3) is 10.9 Å². The van der Waals surface area contributed by atoms with Gasteiger partial charge in [-0.2, -0.15) is 0 Å². The number of pyridine rings is 1. The van der Waals surface area contributed by atoms with Crippen LogP contribution in [0.3, 0.4) is 0 Å². The number of nitrogens with zero attached hydrogens (tertiary/aromatic N) is 1. The predicted molar refractivity (Wildman–Crippen MR) is 51.1 cm³/mol. The molecule has 0 saturated heterocycles. The number of hydrogen-bond acceptors (Lipinski definition) is 2. The van der Waals surface area contributed by atoms with Crippen molar-refractivity contribution in [1.82, 2.24) is 4.98 Å². The Bertz CT molecular complexity index is 470. The van der Waals surface area contributed by atoms with Gasteiger partial charge in [0.25, 0.3) is 0 Å². The molecule has 4 heteroatoms. The quantitative estimate of drug-likeness (QED) is 0.704. The molecule has 1 heterocycles. The zero-order valence-electron chi connectivity index (χ0n) is 6.59. The molecule has 0 bridgehead atoms. The monoisotopic (exact) mass is 196 g/mol. The molecule has 2 N–H and O–H groups in total. The zero-order valence-corrected chi connectivity index (χ0v) is 7.35. The smallest absolute Gasteiger partial charge is 0.168 e. The summed E-state index contributed by atoms with van der Waals surface area (Å²) in [4.78, 5) is 3.86. The van der Waals surface area contributed by atoms with Crippen molar-refractivity contribution in [2.45, 2.75) is 0 Å². The van der Waals surface area contributed by atoms with Crippen molar-refractivity contribution in [1.29, 1.82) is 0 Å². The molecule has 1 aromatic carbocycles. The number of nitrogens with two attached hydrogens (primary N) is 1. The van der Waals surface area contributed by atoms with Crippen molar-refractivity contribution in [2.75, 3.05) is 5.73 Å². The number of fused-ring (bicyclic) bond motifs is 1. The van der Waals surface area contributed by atoms with Gasteiger partial charge in [-0.15, -0.1) is 0 Å². The first-order valence-corrected chi connectivity index (χ1v) is 4.06. The van der Waals surface area contributed by atoms with Crippen molar-refractivity contribution in [2.24, 2.45) is 0 Å². The summed E-state index contributed by atoms with van der Waals surface area (Å²) in [7, 11) is 0. The Hall–Kier alpha value is -1.35. The van der Waals surface area contributed by atoms with Crippen molar-refractivity contribution in [3.63, 3.8) is 0 Å². The van der Waals surface area contributed by atoms with E-state index < -0.39 is 5.82 Å². The summed E-state index contributed by atoms with van der Waals surface area (Å²) in [6, 6.07) is 4.75. The van der Waals surface area contributed by atoms with E-state index in [9.17, 15) is 4.39 Å². The van der Waals surface area contributed by atoms with E-state index in [1.807, 2.05) is 0 Å². The highest BCUT2D eigenvalue weighted by atomic mass is 35.5. The van der Waals surface area contributed by atoms with Crippen LogP contribution in [0.2, 0.25) is 5.02 Å². The van der Waals surface area contributed by atoms with E-state index >= 15 is 0 Å². The van der Waals surface area contributed by atoms with Gasteiger partial charge in [-0.3, -0.25) is 4.98 Å². The summed E-state index contributed by atoms with van der Waals surface area (Å²) in [5, 5.41) is 0.648. The Kier molecular flexibility index (Phi) is 1.81. The molecule has 0 radical (unpaired) electrons. The fourth-order valence-corrected chi connectivity index (χ4v) is 1.33. The molecule has 13 heavy (non-hydrogen) atoms. The molecule has 0 atom stereocenters. The Balaban J connectivity index is 2.94. The maximum Gasteiger partial charge on any atom is 0.168 e. The Labute approximate surface area is 79.1 Å². The first kappa shape index (κ1) is 8.26. The average Bonchev–Trinajstić information content (AvgIpc) is 2.12. The van der Waals surface area contributed by atoms with Crippen LogP contribution in [-0.4, -0.2) is 4.98 Å². The second kappa shape index (κ2) is 2.85. The van der Waals surface area contributed by atoms with Gasteiger partial charge in [0.15, 0.2) is 5.82 Å². The lowest BCUT2D eigenvalue weighted by molar-refractivity contribution is 0.637. The van der Waals surface area contributed by atoms with Crippen LogP contribution in [-0.2, 0) is 0 Å². The van der Waals surface area contributed by atoms with Crippen LogP contribution < -0.4 is 5.73 Å². The maximum atomic E-state index is 13.3. The topological polar surface area (TPSA) is 38.9 Å². The molecular weight excluding hydrogens is 191 g/mol. The molecule has 0 aliphatic carbocycles. The first-order chi connectivity index (χ1) is 6.20. The molecule has 2 rings (SSSR count). The van der Waals surface area contributed by atoms with E-state index in [2.05, 4.69) is 4.98 Å². The number of rotatable bonds is 0. The summed E-state index contributed by atoms with van der Waals surface area (Å²) in [6.07, 6.45) is 1.46. The van der Waals surface area contributed by atoms with Crippen molar-refractivity contribution >= 4 is 28.2 Å². The second-order valence-corrected chi connectivity index (χ2v) is 3.06. The van der Waals surface area contributed by atoms with Crippen molar-refractivity contribution < 1.29 is 4.39 Å². The van der Waals surface area contributed by atoms with Gasteiger partial charge in [-0.25, -0.2) is 4.39 Å². The Morgan fingerprint density at radius 2 is 2.08 bits per heavy atom. The lowest BCUT2D eigenvalue weighted by atomic mass is 10.2. The minimum absolute atomic E-state index is 0.0607. The maximum absolute atomic E-state index is 13.3. The van der Waals surface area contributed by atoms with E-state index in [4.69, 9.17) is 17.3 Å². The number of benzene rings is 1. The molecule has 2 nitrogen and oxygen atoms in total. The molecule has 0 aliphatic heterocycles. The molecule has 0 unspecified atom stereocenters. The standard InChI is InChI=1S/C9H6ClFN2/c10-6-2-1-5-7(12)3-4-13-9(5)8(6)11/h1-4H,(H2,12,13). The van der Waals surface area contributed by atoms with Crippen LogP contribution >= 0.6 is 11.6 Å². The van der Waals surface area contributed by atoms with Gasteiger partial charge in [0.2, 0.25) is 0 Å². The third kappa shape index (κ3) is 1.21. The summed E-state index contributed by atoms with van der Waals surface area (Å²) < 4.78 is 13.3. The highest BCUT2D eigenvalue weighted by Crippen LogP contribution is 2.25. The van der Waals surface area contributed by atoms with E-state index in [0.29, 0.717) is 11.1 Å². The first-order valence-electron chi connectivity index (χ1n) is 3.68. The van der Waals surface area contributed by atoms with Gasteiger partial charge in [0, 0.05) is 17.3 Å². The molecule has 0 saturated carbocycles. The fourth-order valence-electron chi connectivity index (χ4n) is 1.18. The number of aromatic nitrogens is 1. The van der Waals surface area contributed by atoms with Gasteiger partial charge in [0.05, 0.1) is 5.02 Å². The molecule has 0 aliphatic rings. The Morgan fingerprint density at radius 1 is 1.31 bits per heavy atom. The third-order valence-corrected chi connectivity index (χ3v) is 2.13. The van der Waals surface area contributed by atoms with Gasteiger partial charge in [-0.05, 0) is 18.2 Å². The number of nitrogen functional groups attached to an aromatic ring is 1. The summed E-state index contributed by atoms with van der Waals surface area (Å²) in [5.41, 5.74) is 6.34. The molecule has 2 aromatic rings. The van der Waals surface area contributed by atoms with Crippen LogP contribution in [0, 0.1) is 5.82 Å². The predicted octanol–water partition coefficient (Wildman–Crippen LogP) is 2.61. The lowest BCUT2D eigenvalue weighted by Gasteiger charge is -2.02. The minimum atomic E-state index is -0.522. The number of halogens is 2. The molecule has 0 spiro atoms. The van der Waals surface area contributed by atoms with Crippen molar-refractivity contribution in [3.05, 3.63) is 35.2 Å². The lowest BCUT2D eigenvalue weighted by Crippen LogP contribution is -1.91. The van der Waals surface area contributed by atoms with Crippen LogP contribution in [0.4, 0.5) is 10.1 Å².